The summed E-state index contributed by atoms with van der Waals surface area (Å²) in [5, 5.41) is 3.09. The molecule has 2 N–H and O–H groups in total. The lowest BCUT2D eigenvalue weighted by Crippen LogP contribution is -2.43. The Morgan fingerprint density at radius 3 is 2.40 bits per heavy atom. The summed E-state index contributed by atoms with van der Waals surface area (Å²) in [6, 6.07) is 7.37. The van der Waals surface area contributed by atoms with Crippen molar-refractivity contribution in [3.63, 3.8) is 0 Å². The van der Waals surface area contributed by atoms with Crippen LogP contribution in [-0.2, 0) is 10.0 Å². The van der Waals surface area contributed by atoms with Gasteiger partial charge < -0.3 is 5.32 Å². The molecule has 1 fully saturated rings. The van der Waals surface area contributed by atoms with Gasteiger partial charge in [-0.1, -0.05) is 49.9 Å². The normalized spacial score (nSPS) is 22.0. The van der Waals surface area contributed by atoms with Gasteiger partial charge in [-0.15, -0.1) is 0 Å². The third kappa shape index (κ3) is 5.32. The fraction of sp³-hybridized carbons (Fsp3) is 0.381. The lowest BCUT2D eigenvalue weighted by atomic mass is 9.78. The Morgan fingerprint density at radius 1 is 1.07 bits per heavy atom. The minimum absolute atomic E-state index is 0.163. The van der Waals surface area contributed by atoms with Crippen LogP contribution in [0.1, 0.15) is 43.5 Å². The maximum atomic E-state index is 14.3. The first-order chi connectivity index (χ1) is 14.1. The Kier molecular flexibility index (Phi) is 7.07. The molecule has 1 aliphatic carbocycles. The fourth-order valence-electron chi connectivity index (χ4n) is 3.69. The van der Waals surface area contributed by atoms with Crippen molar-refractivity contribution in [1.29, 1.82) is 0 Å². The Bertz CT molecular complexity index is 1040. The van der Waals surface area contributed by atoms with Crippen molar-refractivity contribution < 1.29 is 17.6 Å². The van der Waals surface area contributed by atoms with Crippen molar-refractivity contribution in [2.45, 2.75) is 44.0 Å². The number of nitrogens with one attached hydrogen (secondary N) is 2. The molecule has 0 spiro atoms. The van der Waals surface area contributed by atoms with Gasteiger partial charge in [0.15, 0.2) is 0 Å². The highest BCUT2D eigenvalue weighted by molar-refractivity contribution is 7.89. The average molecular weight is 473 g/mol. The summed E-state index contributed by atoms with van der Waals surface area (Å²) < 4.78 is 42.8. The quantitative estimate of drug-likeness (QED) is 0.603. The lowest BCUT2D eigenvalue weighted by molar-refractivity contribution is 0.102. The summed E-state index contributed by atoms with van der Waals surface area (Å²) in [6.45, 7) is 4.13. The van der Waals surface area contributed by atoms with E-state index in [4.69, 9.17) is 23.2 Å². The maximum Gasteiger partial charge on any atom is 0.258 e. The Morgan fingerprint density at radius 2 is 1.73 bits per heavy atom. The van der Waals surface area contributed by atoms with E-state index in [2.05, 4.69) is 17.0 Å². The third-order valence-electron chi connectivity index (χ3n) is 5.63. The first kappa shape index (κ1) is 23.0. The summed E-state index contributed by atoms with van der Waals surface area (Å²) in [5.74, 6) is -1.04. The van der Waals surface area contributed by atoms with Crippen LogP contribution in [0.2, 0.25) is 10.0 Å². The molecular weight excluding hydrogens is 450 g/mol. The van der Waals surface area contributed by atoms with Gasteiger partial charge in [0.05, 0.1) is 10.5 Å². The van der Waals surface area contributed by atoms with E-state index in [9.17, 15) is 17.6 Å². The van der Waals surface area contributed by atoms with E-state index in [0.717, 1.165) is 37.5 Å². The molecule has 0 radical (unpaired) electrons. The number of amides is 1. The average Bonchev–Trinajstić information content (AvgIpc) is 2.64. The van der Waals surface area contributed by atoms with Gasteiger partial charge in [0, 0.05) is 21.8 Å². The van der Waals surface area contributed by atoms with E-state index >= 15 is 0 Å². The molecule has 2 aromatic rings. The minimum Gasteiger partial charge on any atom is -0.322 e. The molecule has 1 aliphatic rings. The molecule has 3 atom stereocenters. The maximum absolute atomic E-state index is 14.3. The van der Waals surface area contributed by atoms with Crippen LogP contribution in [0.4, 0.5) is 10.1 Å². The summed E-state index contributed by atoms with van der Waals surface area (Å²) in [4.78, 5) is 12.4. The van der Waals surface area contributed by atoms with Crippen molar-refractivity contribution in [1.82, 2.24) is 4.72 Å². The largest absolute Gasteiger partial charge is 0.322 e. The Hall–Kier alpha value is -1.67. The van der Waals surface area contributed by atoms with Gasteiger partial charge in [0.2, 0.25) is 10.0 Å². The first-order valence-corrected chi connectivity index (χ1v) is 11.9. The predicted octanol–water partition coefficient (Wildman–Crippen LogP) is 5.49. The van der Waals surface area contributed by atoms with E-state index in [1.165, 1.54) is 18.2 Å². The second kappa shape index (κ2) is 9.22. The predicted molar refractivity (Wildman–Crippen MR) is 117 cm³/mol. The summed E-state index contributed by atoms with van der Waals surface area (Å²) >= 11 is 11.8. The zero-order valence-corrected chi connectivity index (χ0v) is 18.9. The van der Waals surface area contributed by atoms with Crippen molar-refractivity contribution in [2.24, 2.45) is 11.8 Å². The number of carbonyl (C=O) groups is 1. The van der Waals surface area contributed by atoms with Gasteiger partial charge >= 0.3 is 0 Å². The SMILES string of the molecule is C[C@H]1[C@H](C)CCC[C@H]1NS(=O)(=O)c1ccc(F)c(C(=O)Nc2cc(Cl)cc(Cl)c2)c1. The first-order valence-electron chi connectivity index (χ1n) is 9.66. The number of hydrogen-bond acceptors (Lipinski definition) is 3. The summed E-state index contributed by atoms with van der Waals surface area (Å²) in [7, 11) is -3.91. The van der Waals surface area contributed by atoms with E-state index in [0.29, 0.717) is 16.0 Å². The zero-order chi connectivity index (χ0) is 22.1. The highest BCUT2D eigenvalue weighted by Crippen LogP contribution is 2.31. The Balaban J connectivity index is 1.84. The van der Waals surface area contributed by atoms with Crippen LogP contribution in [0.5, 0.6) is 0 Å². The highest BCUT2D eigenvalue weighted by atomic mass is 35.5. The number of hydrogen-bond donors (Lipinski definition) is 2. The number of halogens is 3. The number of benzene rings is 2. The smallest absolute Gasteiger partial charge is 0.258 e. The molecule has 1 saturated carbocycles. The number of anilines is 1. The molecule has 3 rings (SSSR count). The molecule has 0 aromatic heterocycles. The van der Waals surface area contributed by atoms with Crippen molar-refractivity contribution in [3.8, 4) is 0 Å². The van der Waals surface area contributed by atoms with Gasteiger partial charge in [0.25, 0.3) is 5.91 Å². The standard InChI is InChI=1S/C21H23Cl2FN2O3S/c1-12-4-3-5-20(13(12)2)26-30(28,29)17-6-7-19(24)18(11-17)21(27)25-16-9-14(22)8-15(23)10-16/h6-13,20,26H,3-5H2,1-2H3,(H,25,27)/t12-,13+,20-/m1/s1. The molecule has 30 heavy (non-hydrogen) atoms. The van der Waals surface area contributed by atoms with Gasteiger partial charge in [-0.05, 0) is 54.7 Å². The van der Waals surface area contributed by atoms with Crippen molar-refractivity contribution >= 4 is 44.8 Å². The molecule has 162 valence electrons. The molecule has 0 saturated heterocycles. The van der Waals surface area contributed by atoms with Crippen LogP contribution < -0.4 is 10.0 Å². The van der Waals surface area contributed by atoms with Gasteiger partial charge in [-0.3, -0.25) is 4.79 Å². The number of rotatable bonds is 5. The van der Waals surface area contributed by atoms with Gasteiger partial charge in [-0.2, -0.15) is 0 Å². The molecule has 1 amide bonds. The second-order valence-corrected chi connectivity index (χ2v) is 10.3. The monoisotopic (exact) mass is 472 g/mol. The second-order valence-electron chi connectivity index (χ2n) is 7.75. The topological polar surface area (TPSA) is 75.3 Å². The summed E-state index contributed by atoms with van der Waals surface area (Å²) in [5.41, 5.74) is -0.118. The molecule has 0 unspecified atom stereocenters. The van der Waals surface area contributed by atoms with E-state index in [1.54, 1.807) is 0 Å². The molecule has 5 nitrogen and oxygen atoms in total. The Labute approximate surface area is 186 Å². The lowest BCUT2D eigenvalue weighted by Gasteiger charge is -2.34. The molecule has 0 bridgehead atoms. The van der Waals surface area contributed by atoms with Crippen LogP contribution in [-0.4, -0.2) is 20.4 Å². The molecule has 0 aliphatic heterocycles. The highest BCUT2D eigenvalue weighted by Gasteiger charge is 2.31. The van der Waals surface area contributed by atoms with E-state index in [-0.39, 0.29) is 28.1 Å². The van der Waals surface area contributed by atoms with Crippen LogP contribution in [0, 0.1) is 17.7 Å². The molecule has 2 aromatic carbocycles. The zero-order valence-electron chi connectivity index (χ0n) is 16.6. The van der Waals surface area contributed by atoms with Crippen LogP contribution in [0.25, 0.3) is 0 Å². The van der Waals surface area contributed by atoms with E-state index < -0.39 is 21.7 Å². The summed E-state index contributed by atoms with van der Waals surface area (Å²) in [6.07, 6.45) is 2.75. The van der Waals surface area contributed by atoms with Gasteiger partial charge in [0.1, 0.15) is 5.82 Å². The van der Waals surface area contributed by atoms with Crippen LogP contribution >= 0.6 is 23.2 Å². The number of carbonyl (C=O) groups excluding carboxylic acids is 1. The minimum atomic E-state index is -3.91. The van der Waals surface area contributed by atoms with Crippen molar-refractivity contribution in [3.05, 3.63) is 57.8 Å². The third-order valence-corrected chi connectivity index (χ3v) is 7.55. The molecule has 0 heterocycles. The van der Waals surface area contributed by atoms with Gasteiger partial charge in [-0.25, -0.2) is 17.5 Å². The van der Waals surface area contributed by atoms with Crippen LogP contribution in [0.3, 0.4) is 0 Å². The van der Waals surface area contributed by atoms with Crippen molar-refractivity contribution in [2.75, 3.05) is 5.32 Å². The number of sulfonamides is 1. The molecule has 9 heteroatoms. The van der Waals surface area contributed by atoms with E-state index in [1.807, 2.05) is 6.92 Å². The molecular formula is C21H23Cl2FN2O3S. The van der Waals surface area contributed by atoms with Crippen LogP contribution in [0.15, 0.2) is 41.3 Å². The fourth-order valence-corrected chi connectivity index (χ4v) is 5.60.